The summed E-state index contributed by atoms with van der Waals surface area (Å²) in [6.45, 7) is 44.2. The fourth-order valence-electron chi connectivity index (χ4n) is 4.75. The topological polar surface area (TPSA) is 6.48 Å². The Labute approximate surface area is 192 Å². The zero-order valence-electron chi connectivity index (χ0n) is 23.9. The van der Waals surface area contributed by atoms with E-state index in [2.05, 4.69) is 131 Å². The normalized spacial score (nSPS) is 18.6. The van der Waals surface area contributed by atoms with E-state index in [-0.39, 0.29) is 21.7 Å². The summed E-state index contributed by atoms with van der Waals surface area (Å²) in [4.78, 5) is 0. The lowest BCUT2D eigenvalue weighted by Gasteiger charge is -2.61. The minimum Gasteiger partial charge on any atom is -0.372 e. The van der Waals surface area contributed by atoms with Gasteiger partial charge in [-0.25, -0.2) is 0 Å². The second-order valence-electron chi connectivity index (χ2n) is 15.4. The number of rotatable bonds is 2. The van der Waals surface area contributed by atoms with Crippen LogP contribution in [-0.2, 0) is 0 Å². The molecule has 0 bridgehead atoms. The van der Waals surface area contributed by atoms with Crippen LogP contribution in [0.3, 0.4) is 0 Å². The molecule has 0 aromatic rings. The van der Waals surface area contributed by atoms with Crippen molar-refractivity contribution in [2.45, 2.75) is 122 Å². The fraction of sp³-hybridized carbons (Fsp3) is 0.846. The van der Waals surface area contributed by atoms with E-state index in [9.17, 15) is 0 Å². The van der Waals surface area contributed by atoms with Gasteiger partial charge in [0.25, 0.3) is 0 Å². The quantitative estimate of drug-likeness (QED) is 0.387. The number of hydrogen-bond acceptors (Lipinski definition) is 2. The smallest absolute Gasteiger partial charge is 0.152 e. The monoisotopic (exact) mass is 450 g/mol. The lowest BCUT2D eigenvalue weighted by molar-refractivity contribution is 0.229. The van der Waals surface area contributed by atoms with E-state index in [1.807, 2.05) is 0 Å². The Morgan fingerprint density at radius 1 is 0.367 bits per heavy atom. The van der Waals surface area contributed by atoms with Crippen LogP contribution in [0.4, 0.5) is 0 Å². The highest BCUT2D eigenvalue weighted by Crippen LogP contribution is 2.56. The standard InChI is InChI=1S/C26H54N2Si2/c1-23(2,3)19-20(24(4,5)6)28(30(16,17)18)22(26(10,11)12)21(25(7,8)9)27(19)29(13,14)15/h1-18H3. The van der Waals surface area contributed by atoms with E-state index in [0.717, 1.165) is 0 Å². The van der Waals surface area contributed by atoms with Gasteiger partial charge in [-0.3, -0.25) is 0 Å². The Hall–Kier alpha value is -0.486. The van der Waals surface area contributed by atoms with Crippen LogP contribution >= 0.6 is 0 Å². The third-order valence-electron chi connectivity index (χ3n) is 5.53. The van der Waals surface area contributed by atoms with Crippen LogP contribution in [-0.4, -0.2) is 25.6 Å². The third-order valence-corrected chi connectivity index (χ3v) is 9.10. The third kappa shape index (κ3) is 5.46. The fourth-order valence-corrected chi connectivity index (χ4v) is 9.20. The molecule has 4 heteroatoms. The summed E-state index contributed by atoms with van der Waals surface area (Å²) in [6, 6.07) is 0. The molecule has 0 aromatic heterocycles. The molecule has 0 aromatic carbocycles. The lowest BCUT2D eigenvalue weighted by Crippen LogP contribution is -2.61. The van der Waals surface area contributed by atoms with E-state index >= 15 is 0 Å². The summed E-state index contributed by atoms with van der Waals surface area (Å²) in [7, 11) is -3.45. The Balaban J connectivity index is 4.49. The van der Waals surface area contributed by atoms with E-state index in [4.69, 9.17) is 0 Å². The Kier molecular flexibility index (Phi) is 6.92. The van der Waals surface area contributed by atoms with Gasteiger partial charge < -0.3 is 9.13 Å². The molecular formula is C26H54N2Si2. The Morgan fingerprint density at radius 2 is 0.500 bits per heavy atom. The first-order valence-electron chi connectivity index (χ1n) is 11.8. The highest BCUT2D eigenvalue weighted by atomic mass is 28.3. The van der Waals surface area contributed by atoms with Gasteiger partial charge in [0.15, 0.2) is 16.5 Å². The highest BCUT2D eigenvalue weighted by Gasteiger charge is 2.52. The van der Waals surface area contributed by atoms with Gasteiger partial charge in [0, 0.05) is 44.4 Å². The maximum absolute atomic E-state index is 2.88. The van der Waals surface area contributed by atoms with Crippen molar-refractivity contribution in [3.8, 4) is 0 Å². The van der Waals surface area contributed by atoms with Crippen LogP contribution in [0.2, 0.25) is 39.3 Å². The molecule has 176 valence electrons. The number of nitrogens with zero attached hydrogens (tertiary/aromatic N) is 2. The van der Waals surface area contributed by atoms with E-state index in [1.165, 1.54) is 0 Å². The summed E-state index contributed by atoms with van der Waals surface area (Å²) in [6.07, 6.45) is 0. The van der Waals surface area contributed by atoms with Crippen LogP contribution in [0.5, 0.6) is 0 Å². The van der Waals surface area contributed by atoms with Crippen molar-refractivity contribution in [2.24, 2.45) is 21.7 Å². The molecule has 0 amide bonds. The van der Waals surface area contributed by atoms with Gasteiger partial charge in [-0.15, -0.1) is 0 Å². The molecule has 1 rings (SSSR count). The predicted octanol–water partition coefficient (Wildman–Crippen LogP) is 8.88. The van der Waals surface area contributed by atoms with E-state index in [0.29, 0.717) is 0 Å². The maximum Gasteiger partial charge on any atom is 0.152 e. The molecule has 0 aliphatic carbocycles. The largest absolute Gasteiger partial charge is 0.372 e. The van der Waals surface area contributed by atoms with Gasteiger partial charge in [-0.2, -0.15) is 0 Å². The number of hydrogen-bond donors (Lipinski definition) is 0. The Morgan fingerprint density at radius 3 is 0.567 bits per heavy atom. The van der Waals surface area contributed by atoms with Crippen molar-refractivity contribution in [3.63, 3.8) is 0 Å². The van der Waals surface area contributed by atoms with Gasteiger partial charge in [0.05, 0.1) is 0 Å². The molecule has 2 nitrogen and oxygen atoms in total. The first kappa shape index (κ1) is 27.5. The molecule has 1 aliphatic rings. The van der Waals surface area contributed by atoms with Gasteiger partial charge >= 0.3 is 0 Å². The molecule has 0 radical (unpaired) electrons. The predicted molar refractivity (Wildman–Crippen MR) is 142 cm³/mol. The molecule has 30 heavy (non-hydrogen) atoms. The number of allylic oxidation sites excluding steroid dienone is 4. The first-order chi connectivity index (χ1) is 12.7. The first-order valence-corrected chi connectivity index (χ1v) is 18.7. The minimum absolute atomic E-state index is 0.0701. The van der Waals surface area contributed by atoms with E-state index < -0.39 is 16.5 Å². The van der Waals surface area contributed by atoms with Crippen molar-refractivity contribution >= 4 is 16.5 Å². The average molecular weight is 451 g/mol. The average Bonchev–Trinajstić information content (AvgIpc) is 2.37. The molecule has 0 spiro atoms. The molecular weight excluding hydrogens is 396 g/mol. The van der Waals surface area contributed by atoms with E-state index in [1.54, 1.807) is 22.8 Å². The van der Waals surface area contributed by atoms with Crippen molar-refractivity contribution in [1.29, 1.82) is 0 Å². The van der Waals surface area contributed by atoms with Crippen LogP contribution in [0, 0.1) is 21.7 Å². The zero-order valence-corrected chi connectivity index (χ0v) is 25.9. The summed E-state index contributed by atoms with van der Waals surface area (Å²) < 4.78 is 5.76. The van der Waals surface area contributed by atoms with Gasteiger partial charge in [0.1, 0.15) is 0 Å². The van der Waals surface area contributed by atoms with Gasteiger partial charge in [-0.05, 0) is 0 Å². The molecule has 1 aliphatic heterocycles. The lowest BCUT2D eigenvalue weighted by atomic mass is 9.75. The Bertz CT molecular complexity index is 604. The SMILES string of the molecule is CC(C)(C)C1=C(C(C)(C)C)N([Si](C)(C)C)C(C(C)(C)C)=C(C(C)(C)C)N1[Si](C)(C)C. The van der Waals surface area contributed by atoms with Crippen LogP contribution in [0.25, 0.3) is 0 Å². The van der Waals surface area contributed by atoms with Crippen molar-refractivity contribution in [1.82, 2.24) is 9.13 Å². The van der Waals surface area contributed by atoms with Crippen LogP contribution < -0.4 is 0 Å². The highest BCUT2D eigenvalue weighted by molar-refractivity contribution is 6.75. The van der Waals surface area contributed by atoms with Crippen molar-refractivity contribution in [3.05, 3.63) is 22.8 Å². The molecule has 0 N–H and O–H groups in total. The summed E-state index contributed by atoms with van der Waals surface area (Å²) in [5.74, 6) is 0. The van der Waals surface area contributed by atoms with Crippen molar-refractivity contribution < 1.29 is 0 Å². The molecule has 0 atom stereocenters. The molecule has 1 heterocycles. The zero-order chi connectivity index (χ0) is 24.5. The summed E-state index contributed by atoms with van der Waals surface area (Å²) >= 11 is 0. The summed E-state index contributed by atoms with van der Waals surface area (Å²) in [5.41, 5.74) is 6.54. The minimum atomic E-state index is -1.73. The molecule has 0 saturated heterocycles. The second kappa shape index (κ2) is 7.54. The second-order valence-corrected chi connectivity index (χ2v) is 25.0. The van der Waals surface area contributed by atoms with Crippen LogP contribution in [0.1, 0.15) is 83.1 Å². The molecule has 0 saturated carbocycles. The van der Waals surface area contributed by atoms with Crippen LogP contribution in [0.15, 0.2) is 22.8 Å². The van der Waals surface area contributed by atoms with Crippen molar-refractivity contribution in [2.75, 3.05) is 0 Å². The summed E-state index contributed by atoms with van der Waals surface area (Å²) in [5, 5.41) is 0. The maximum atomic E-state index is 2.88. The van der Waals surface area contributed by atoms with Gasteiger partial charge in [0.2, 0.25) is 0 Å². The molecule has 0 unspecified atom stereocenters. The molecule has 0 fully saturated rings. The van der Waals surface area contributed by atoms with Gasteiger partial charge in [-0.1, -0.05) is 122 Å².